The van der Waals surface area contributed by atoms with Gasteiger partial charge in [-0.3, -0.25) is 4.79 Å². The minimum Gasteiger partial charge on any atom is -0.458 e. The molecule has 1 aromatic carbocycles. The molecule has 0 aliphatic heterocycles. The Balaban J connectivity index is 2.65. The number of unbranched alkanes of at least 4 members (excludes halogenated alkanes) is 1. The van der Waals surface area contributed by atoms with Crippen LogP contribution >= 0.6 is 0 Å². The second-order valence-corrected chi connectivity index (χ2v) is 27.4. The zero-order valence-electron chi connectivity index (χ0n) is 26.2. The smallest absolute Gasteiger partial charge is 0.329 e. The molecule has 2 amide bonds. The van der Waals surface area contributed by atoms with Crippen LogP contribution in [-0.2, 0) is 19.1 Å². The van der Waals surface area contributed by atoms with Crippen molar-refractivity contribution in [3.05, 3.63) is 36.2 Å². The first-order valence-electron chi connectivity index (χ1n) is 14.2. The van der Waals surface area contributed by atoms with E-state index in [0.29, 0.717) is 38.0 Å². The molecule has 1 rings (SSSR count). The molecule has 0 saturated heterocycles. The quantitative estimate of drug-likeness (QED) is 0.125. The molecule has 0 spiro atoms. The zero-order chi connectivity index (χ0) is 30.6. The van der Waals surface area contributed by atoms with Crippen molar-refractivity contribution >= 4 is 45.6 Å². The van der Waals surface area contributed by atoms with Gasteiger partial charge in [0, 0.05) is 0 Å². The van der Waals surface area contributed by atoms with E-state index in [4.69, 9.17) is 9.47 Å². The van der Waals surface area contributed by atoms with Crippen molar-refractivity contribution in [3.63, 3.8) is 0 Å². The third-order valence-corrected chi connectivity index (χ3v) is 11.4. The van der Waals surface area contributed by atoms with Gasteiger partial charge in [-0.25, -0.2) is 4.79 Å². The van der Waals surface area contributed by atoms with Crippen LogP contribution in [0.2, 0.25) is 14.8 Å². The van der Waals surface area contributed by atoms with Crippen LogP contribution in [-0.4, -0.2) is 66.7 Å². The van der Waals surface area contributed by atoms with Crippen LogP contribution in [0.15, 0.2) is 36.2 Å². The molecule has 0 aromatic heterocycles. The number of urea groups is 1. The van der Waals surface area contributed by atoms with Crippen LogP contribution in [0.25, 0.3) is 0 Å². The molecule has 1 aromatic rings. The monoisotopic (exact) mass is 668 g/mol. The average molecular weight is 667 g/mol. The van der Waals surface area contributed by atoms with Gasteiger partial charge >= 0.3 is 132 Å². The van der Waals surface area contributed by atoms with Gasteiger partial charge in [-0.15, -0.1) is 0 Å². The van der Waals surface area contributed by atoms with Crippen molar-refractivity contribution < 1.29 is 23.9 Å². The molecule has 226 valence electrons. The van der Waals surface area contributed by atoms with Gasteiger partial charge in [-0.1, -0.05) is 6.92 Å². The summed E-state index contributed by atoms with van der Waals surface area (Å²) in [4.78, 5) is 44.6. The first-order chi connectivity index (χ1) is 18.4. The number of amides is 2. The number of anilines is 1. The first-order valence-corrected chi connectivity index (χ1v) is 24.2. The SMILES string of the molecule is CC/C=C(\NCC(=O)OC(C)(C)C)NC(CCCCNC(=O)Nc1cc[c]([Sn]([CH3])([CH3])[CH3])cc1)C(=O)OC(C)(C)C. The van der Waals surface area contributed by atoms with Crippen molar-refractivity contribution in [1.29, 1.82) is 0 Å². The summed E-state index contributed by atoms with van der Waals surface area (Å²) in [6, 6.07) is 7.24. The maximum atomic E-state index is 13.0. The Morgan fingerprint density at radius 3 is 2.02 bits per heavy atom. The molecule has 0 aliphatic carbocycles. The fourth-order valence-corrected chi connectivity index (χ4v) is 6.97. The molecule has 1 atom stereocenters. The predicted octanol–water partition coefficient (Wildman–Crippen LogP) is 5.01. The normalized spacial score (nSPS) is 13.2. The van der Waals surface area contributed by atoms with Gasteiger partial charge in [-0.2, -0.15) is 0 Å². The van der Waals surface area contributed by atoms with E-state index in [-0.39, 0.29) is 24.5 Å². The van der Waals surface area contributed by atoms with Crippen molar-refractivity contribution in [2.75, 3.05) is 18.4 Å². The molecule has 0 fully saturated rings. The number of hydrogen-bond donors (Lipinski definition) is 4. The Hall–Kier alpha value is -2.43. The Labute approximate surface area is 245 Å². The summed E-state index contributed by atoms with van der Waals surface area (Å²) in [7, 11) is 0. The van der Waals surface area contributed by atoms with E-state index in [1.807, 2.05) is 66.7 Å². The van der Waals surface area contributed by atoms with Gasteiger partial charge in [0.2, 0.25) is 0 Å². The summed E-state index contributed by atoms with van der Waals surface area (Å²) in [5.41, 5.74) is -0.451. The topological polar surface area (TPSA) is 118 Å². The Morgan fingerprint density at radius 2 is 1.50 bits per heavy atom. The van der Waals surface area contributed by atoms with E-state index in [2.05, 4.69) is 48.2 Å². The number of benzene rings is 1. The Bertz CT molecular complexity index is 989. The summed E-state index contributed by atoms with van der Waals surface area (Å²) in [5.74, 6) is -0.187. The molecule has 0 heterocycles. The summed E-state index contributed by atoms with van der Waals surface area (Å²) in [5, 5.41) is 12.0. The number of esters is 2. The van der Waals surface area contributed by atoms with E-state index in [1.54, 1.807) is 0 Å². The summed E-state index contributed by atoms with van der Waals surface area (Å²) >= 11 is -2.12. The van der Waals surface area contributed by atoms with Crippen LogP contribution in [0.5, 0.6) is 0 Å². The molecular formula is C30H52N4O5Sn. The second kappa shape index (κ2) is 16.1. The fourth-order valence-electron chi connectivity index (χ4n) is 3.65. The van der Waals surface area contributed by atoms with Crippen LogP contribution in [0.3, 0.4) is 0 Å². The van der Waals surface area contributed by atoms with Crippen molar-refractivity contribution in [1.82, 2.24) is 16.0 Å². The maximum absolute atomic E-state index is 13.0. The number of carbonyl (C=O) groups is 3. The van der Waals surface area contributed by atoms with E-state index >= 15 is 0 Å². The van der Waals surface area contributed by atoms with E-state index in [0.717, 1.165) is 5.69 Å². The number of ether oxygens (including phenoxy) is 2. The van der Waals surface area contributed by atoms with Crippen LogP contribution in [0.4, 0.5) is 10.5 Å². The van der Waals surface area contributed by atoms with Crippen LogP contribution in [0.1, 0.15) is 74.1 Å². The molecule has 10 heteroatoms. The predicted molar refractivity (Wildman–Crippen MR) is 165 cm³/mol. The molecule has 0 radical (unpaired) electrons. The number of carbonyl (C=O) groups excluding carboxylic acids is 3. The molecule has 0 aliphatic rings. The summed E-state index contributed by atoms with van der Waals surface area (Å²) in [6.07, 6.45) is 4.43. The summed E-state index contributed by atoms with van der Waals surface area (Å²) < 4.78 is 12.4. The van der Waals surface area contributed by atoms with Gasteiger partial charge in [0.1, 0.15) is 17.7 Å². The van der Waals surface area contributed by atoms with E-state index in [1.165, 1.54) is 3.58 Å². The molecule has 0 bridgehead atoms. The molecular weight excluding hydrogens is 615 g/mol. The van der Waals surface area contributed by atoms with Gasteiger partial charge < -0.3 is 20.1 Å². The molecule has 40 heavy (non-hydrogen) atoms. The van der Waals surface area contributed by atoms with E-state index in [9.17, 15) is 14.4 Å². The summed E-state index contributed by atoms with van der Waals surface area (Å²) in [6.45, 7) is 13.3. The largest absolute Gasteiger partial charge is 0.458 e. The van der Waals surface area contributed by atoms with Crippen LogP contribution in [0, 0.1) is 0 Å². The van der Waals surface area contributed by atoms with Crippen molar-refractivity contribution in [2.24, 2.45) is 0 Å². The van der Waals surface area contributed by atoms with Crippen molar-refractivity contribution in [2.45, 2.75) is 106 Å². The number of nitrogens with one attached hydrogen (secondary N) is 4. The zero-order valence-corrected chi connectivity index (χ0v) is 29.1. The fraction of sp³-hybridized carbons (Fsp3) is 0.633. The number of rotatable bonds is 14. The van der Waals surface area contributed by atoms with Crippen LogP contribution < -0.4 is 24.8 Å². The minimum atomic E-state index is -2.12. The molecule has 0 saturated carbocycles. The second-order valence-electron chi connectivity index (χ2n) is 12.9. The third-order valence-electron chi connectivity index (χ3n) is 5.49. The van der Waals surface area contributed by atoms with Crippen molar-refractivity contribution in [3.8, 4) is 0 Å². The van der Waals surface area contributed by atoms with Gasteiger partial charge in [0.15, 0.2) is 0 Å². The molecule has 9 nitrogen and oxygen atoms in total. The Morgan fingerprint density at radius 1 is 0.900 bits per heavy atom. The van der Waals surface area contributed by atoms with Gasteiger partial charge in [0.25, 0.3) is 0 Å². The maximum Gasteiger partial charge on any atom is 0.329 e. The third kappa shape index (κ3) is 16.0. The standard InChI is InChI=1S/C27H43N4O5.3CH3.Sn/c1-8-14-22(29-19-23(32)35-26(2,3)4)31-21(24(33)36-27(5,6)7)17-12-13-18-28-25(34)30-20-15-10-9-11-16-20;;;;/h10-11,14-16,21,29,31H,8,12-13,17-19H2,1-7H3,(H2,28,30,34);3*1H3;/b22-14+;;;;. The first kappa shape index (κ1) is 35.6. The van der Waals surface area contributed by atoms with Gasteiger partial charge in [-0.05, 0) is 54.0 Å². The van der Waals surface area contributed by atoms with Gasteiger partial charge in [0.05, 0.1) is 5.82 Å². The molecule has 1 unspecified atom stereocenters. The average Bonchev–Trinajstić information content (AvgIpc) is 2.79. The Kier molecular flexibility index (Phi) is 14.3. The number of hydrogen-bond acceptors (Lipinski definition) is 7. The van der Waals surface area contributed by atoms with E-state index < -0.39 is 35.6 Å². The minimum absolute atomic E-state index is 0.0297. The number of allylic oxidation sites excluding steroid dienone is 1. The molecule has 4 N–H and O–H groups in total.